The van der Waals surface area contributed by atoms with Crippen LogP contribution in [0.1, 0.15) is 62.1 Å². The van der Waals surface area contributed by atoms with E-state index in [0.29, 0.717) is 31.2 Å². The zero-order valence-electron chi connectivity index (χ0n) is 15.2. The number of piperidine rings is 1. The number of carbonyl (C=O) groups excluding carboxylic acids is 2. The van der Waals surface area contributed by atoms with Gasteiger partial charge in [0.25, 0.3) is 5.91 Å². The van der Waals surface area contributed by atoms with Crippen molar-refractivity contribution in [3.05, 3.63) is 17.5 Å². The Bertz CT molecular complexity index is 651. The van der Waals surface area contributed by atoms with Gasteiger partial charge in [-0.25, -0.2) is 0 Å². The maximum absolute atomic E-state index is 13.0. The average Bonchev–Trinajstić information content (AvgIpc) is 3.17. The molecular formula is C18H28N4O2. The number of aryl methyl sites for hydroxylation is 1. The van der Waals surface area contributed by atoms with Gasteiger partial charge in [0, 0.05) is 33.2 Å². The van der Waals surface area contributed by atoms with E-state index in [9.17, 15) is 9.59 Å². The highest BCUT2D eigenvalue weighted by molar-refractivity contribution is 5.94. The molecule has 1 atom stereocenters. The smallest absolute Gasteiger partial charge is 0.272 e. The minimum Gasteiger partial charge on any atom is -0.345 e. The number of nitrogens with zero attached hydrogens (tertiary/aromatic N) is 4. The van der Waals surface area contributed by atoms with E-state index >= 15 is 0 Å². The zero-order valence-corrected chi connectivity index (χ0v) is 15.2. The van der Waals surface area contributed by atoms with Crippen molar-refractivity contribution in [2.24, 2.45) is 5.41 Å². The Kier molecular flexibility index (Phi) is 4.40. The molecule has 0 bridgehead atoms. The van der Waals surface area contributed by atoms with Crippen molar-refractivity contribution in [1.82, 2.24) is 19.6 Å². The van der Waals surface area contributed by atoms with Crippen LogP contribution in [0.2, 0.25) is 0 Å². The first-order valence-corrected chi connectivity index (χ1v) is 9.00. The minimum atomic E-state index is -0.361. The van der Waals surface area contributed by atoms with Crippen LogP contribution in [0.15, 0.2) is 6.07 Å². The van der Waals surface area contributed by atoms with Crippen LogP contribution in [0.25, 0.3) is 0 Å². The van der Waals surface area contributed by atoms with Gasteiger partial charge in [0.15, 0.2) is 0 Å². The number of likely N-dealkylation sites (tertiary alicyclic amines) is 2. The Hall–Kier alpha value is -1.85. The van der Waals surface area contributed by atoms with Gasteiger partial charge in [-0.2, -0.15) is 5.10 Å². The first-order valence-electron chi connectivity index (χ1n) is 9.00. The Labute approximate surface area is 143 Å². The van der Waals surface area contributed by atoms with Crippen LogP contribution in [-0.4, -0.2) is 58.1 Å². The van der Waals surface area contributed by atoms with Gasteiger partial charge >= 0.3 is 0 Å². The van der Waals surface area contributed by atoms with Crippen molar-refractivity contribution >= 4 is 11.8 Å². The Morgan fingerprint density at radius 1 is 1.33 bits per heavy atom. The van der Waals surface area contributed by atoms with Gasteiger partial charge in [0.05, 0.1) is 11.1 Å². The third-order valence-electron chi connectivity index (χ3n) is 5.50. The lowest BCUT2D eigenvalue weighted by Gasteiger charge is -2.37. The molecule has 6 heteroatoms. The van der Waals surface area contributed by atoms with Crippen molar-refractivity contribution in [2.45, 2.75) is 52.5 Å². The molecule has 24 heavy (non-hydrogen) atoms. The van der Waals surface area contributed by atoms with Gasteiger partial charge in [-0.1, -0.05) is 13.8 Å². The normalized spacial score (nSPS) is 24.5. The SMILES string of the molecule is CCn1nc(C(C)C)cc1C(=O)N1CC[C@@]2(CCCN(C)C2=O)C1. The van der Waals surface area contributed by atoms with Gasteiger partial charge in [0.1, 0.15) is 5.69 Å². The Morgan fingerprint density at radius 2 is 2.08 bits per heavy atom. The van der Waals surface area contributed by atoms with Crippen molar-refractivity contribution in [1.29, 1.82) is 0 Å². The fraction of sp³-hybridized carbons (Fsp3) is 0.722. The quantitative estimate of drug-likeness (QED) is 0.852. The standard InChI is InChI=1S/C18H28N4O2/c1-5-22-15(11-14(19-22)13(2)3)16(23)21-10-8-18(12-21)7-6-9-20(4)17(18)24/h11,13H,5-10,12H2,1-4H3/t18-/m0/s1. The number of hydrogen-bond donors (Lipinski definition) is 0. The van der Waals surface area contributed by atoms with Gasteiger partial charge in [-0.3, -0.25) is 14.3 Å². The van der Waals surface area contributed by atoms with Gasteiger partial charge in [-0.05, 0) is 38.2 Å². The molecule has 2 amide bonds. The topological polar surface area (TPSA) is 58.4 Å². The molecule has 2 saturated heterocycles. The Balaban J connectivity index is 1.81. The highest BCUT2D eigenvalue weighted by Crippen LogP contribution is 2.40. The van der Waals surface area contributed by atoms with Crippen molar-refractivity contribution in [2.75, 3.05) is 26.7 Å². The lowest BCUT2D eigenvalue weighted by Crippen LogP contribution is -2.48. The third kappa shape index (κ3) is 2.72. The summed E-state index contributed by atoms with van der Waals surface area (Å²) in [4.78, 5) is 29.3. The molecule has 0 aromatic carbocycles. The summed E-state index contributed by atoms with van der Waals surface area (Å²) < 4.78 is 1.79. The van der Waals surface area contributed by atoms with E-state index in [4.69, 9.17) is 0 Å². The average molecular weight is 332 g/mol. The molecule has 0 aliphatic carbocycles. The third-order valence-corrected chi connectivity index (χ3v) is 5.50. The summed E-state index contributed by atoms with van der Waals surface area (Å²) in [6.07, 6.45) is 2.69. The second kappa shape index (κ2) is 6.22. The second-order valence-corrected chi connectivity index (χ2v) is 7.51. The van der Waals surface area contributed by atoms with Crippen LogP contribution in [0, 0.1) is 5.41 Å². The predicted molar refractivity (Wildman–Crippen MR) is 91.8 cm³/mol. The maximum atomic E-state index is 13.0. The summed E-state index contributed by atoms with van der Waals surface area (Å²) in [7, 11) is 1.87. The molecule has 0 saturated carbocycles. The lowest BCUT2D eigenvalue weighted by atomic mass is 9.78. The molecule has 1 aromatic rings. The summed E-state index contributed by atoms with van der Waals surface area (Å²) >= 11 is 0. The maximum Gasteiger partial charge on any atom is 0.272 e. The van der Waals surface area contributed by atoms with Gasteiger partial charge < -0.3 is 9.80 Å². The summed E-state index contributed by atoms with van der Waals surface area (Å²) in [5.41, 5.74) is 1.23. The first-order chi connectivity index (χ1) is 11.4. The lowest BCUT2D eigenvalue weighted by molar-refractivity contribution is -0.143. The van der Waals surface area contributed by atoms with Gasteiger partial charge in [-0.15, -0.1) is 0 Å². The van der Waals surface area contributed by atoms with Crippen LogP contribution in [0.3, 0.4) is 0 Å². The molecule has 6 nitrogen and oxygen atoms in total. The van der Waals surface area contributed by atoms with E-state index in [1.54, 1.807) is 4.68 Å². The van der Waals surface area contributed by atoms with Crippen molar-refractivity contribution in [3.8, 4) is 0 Å². The second-order valence-electron chi connectivity index (χ2n) is 7.51. The van der Waals surface area contributed by atoms with Crippen LogP contribution in [-0.2, 0) is 11.3 Å². The van der Waals surface area contributed by atoms with Crippen molar-refractivity contribution < 1.29 is 9.59 Å². The molecule has 3 heterocycles. The molecule has 0 N–H and O–H groups in total. The highest BCUT2D eigenvalue weighted by atomic mass is 16.2. The largest absolute Gasteiger partial charge is 0.345 e. The van der Waals surface area contributed by atoms with Crippen molar-refractivity contribution in [3.63, 3.8) is 0 Å². The van der Waals surface area contributed by atoms with E-state index in [0.717, 1.165) is 31.5 Å². The molecular weight excluding hydrogens is 304 g/mol. The van der Waals surface area contributed by atoms with Crippen LogP contribution >= 0.6 is 0 Å². The van der Waals surface area contributed by atoms with E-state index in [-0.39, 0.29) is 17.2 Å². The number of rotatable bonds is 3. The first kappa shape index (κ1) is 17.0. The van der Waals surface area contributed by atoms with Crippen LogP contribution < -0.4 is 0 Å². The van der Waals surface area contributed by atoms with E-state index < -0.39 is 0 Å². The molecule has 2 aliphatic rings. The Morgan fingerprint density at radius 3 is 2.75 bits per heavy atom. The number of aromatic nitrogens is 2. The summed E-state index contributed by atoms with van der Waals surface area (Å²) in [5.74, 6) is 0.507. The molecule has 2 fully saturated rings. The zero-order chi connectivity index (χ0) is 17.5. The number of carbonyl (C=O) groups is 2. The molecule has 2 aliphatic heterocycles. The molecule has 0 unspecified atom stereocenters. The molecule has 0 radical (unpaired) electrons. The van der Waals surface area contributed by atoms with E-state index in [1.807, 2.05) is 29.8 Å². The van der Waals surface area contributed by atoms with E-state index in [2.05, 4.69) is 18.9 Å². The van der Waals surface area contributed by atoms with E-state index in [1.165, 1.54) is 0 Å². The fourth-order valence-corrected chi connectivity index (χ4v) is 3.99. The highest BCUT2D eigenvalue weighted by Gasteiger charge is 2.48. The monoisotopic (exact) mass is 332 g/mol. The molecule has 1 spiro atoms. The number of amides is 2. The van der Waals surface area contributed by atoms with Gasteiger partial charge in [0.2, 0.25) is 5.91 Å². The number of hydrogen-bond acceptors (Lipinski definition) is 3. The summed E-state index contributed by atoms with van der Waals surface area (Å²) in [5, 5.41) is 4.55. The molecule has 1 aromatic heterocycles. The molecule has 3 rings (SSSR count). The van der Waals surface area contributed by atoms with Crippen LogP contribution in [0.5, 0.6) is 0 Å². The summed E-state index contributed by atoms with van der Waals surface area (Å²) in [6.45, 7) is 8.86. The fourth-order valence-electron chi connectivity index (χ4n) is 3.99. The minimum absolute atomic E-state index is 0.00847. The molecule has 132 valence electrons. The summed E-state index contributed by atoms with van der Waals surface area (Å²) in [6, 6.07) is 1.91. The van der Waals surface area contributed by atoms with Crippen LogP contribution in [0.4, 0.5) is 0 Å². The predicted octanol–water partition coefficient (Wildman–Crippen LogP) is 2.11.